The van der Waals surface area contributed by atoms with Gasteiger partial charge in [0, 0.05) is 19.4 Å². The van der Waals surface area contributed by atoms with Gasteiger partial charge in [-0.05, 0) is 6.08 Å². The lowest BCUT2D eigenvalue weighted by atomic mass is 10.3. The third-order valence-electron chi connectivity index (χ3n) is 2.27. The first-order valence-corrected chi connectivity index (χ1v) is 6.10. The summed E-state index contributed by atoms with van der Waals surface area (Å²) in [6.45, 7) is -0.400. The SMILES string of the molecule is O=C1CCNC(=O)CNC(=O)/C=C\CCOC(=O)OC1. The number of ketones is 1. The van der Waals surface area contributed by atoms with E-state index in [1.165, 1.54) is 12.2 Å². The number of nitrogens with one attached hydrogen (secondary N) is 2. The summed E-state index contributed by atoms with van der Waals surface area (Å²) in [6, 6.07) is 0. The van der Waals surface area contributed by atoms with Crippen molar-refractivity contribution < 1.29 is 28.7 Å². The normalized spacial score (nSPS) is 21.2. The lowest BCUT2D eigenvalue weighted by Gasteiger charge is -2.07. The zero-order valence-electron chi connectivity index (χ0n) is 10.8. The molecule has 8 nitrogen and oxygen atoms in total. The minimum absolute atomic E-state index is 0.0346. The van der Waals surface area contributed by atoms with Crippen LogP contribution in [0.4, 0.5) is 4.79 Å². The number of ether oxygens (including phenoxy) is 2. The van der Waals surface area contributed by atoms with E-state index in [4.69, 9.17) is 0 Å². The Morgan fingerprint density at radius 2 is 1.85 bits per heavy atom. The van der Waals surface area contributed by atoms with Crippen molar-refractivity contribution in [2.75, 3.05) is 26.3 Å². The van der Waals surface area contributed by atoms with Gasteiger partial charge in [0.2, 0.25) is 11.8 Å². The fraction of sp³-hybridized carbons (Fsp3) is 0.500. The molecule has 110 valence electrons. The molecule has 0 aromatic heterocycles. The van der Waals surface area contributed by atoms with Crippen LogP contribution in [0.3, 0.4) is 0 Å². The maximum Gasteiger partial charge on any atom is 0.508 e. The highest BCUT2D eigenvalue weighted by molar-refractivity contribution is 5.91. The van der Waals surface area contributed by atoms with Crippen LogP contribution >= 0.6 is 0 Å². The molecule has 1 rings (SSSR count). The topological polar surface area (TPSA) is 111 Å². The quantitative estimate of drug-likeness (QED) is 0.569. The van der Waals surface area contributed by atoms with Crippen molar-refractivity contribution in [3.63, 3.8) is 0 Å². The highest BCUT2D eigenvalue weighted by atomic mass is 16.7. The second-order valence-corrected chi connectivity index (χ2v) is 3.93. The fourth-order valence-corrected chi connectivity index (χ4v) is 1.28. The Morgan fingerprint density at radius 1 is 1.05 bits per heavy atom. The Balaban J connectivity index is 2.50. The smallest absolute Gasteiger partial charge is 0.434 e. The maximum atomic E-state index is 11.3. The van der Waals surface area contributed by atoms with Crippen LogP contribution in [-0.4, -0.2) is 50.1 Å². The summed E-state index contributed by atoms with van der Waals surface area (Å²) >= 11 is 0. The van der Waals surface area contributed by atoms with Gasteiger partial charge in [-0.25, -0.2) is 4.79 Å². The molecular weight excluding hydrogens is 268 g/mol. The monoisotopic (exact) mass is 284 g/mol. The predicted molar refractivity (Wildman–Crippen MR) is 66.7 cm³/mol. The van der Waals surface area contributed by atoms with Crippen LogP contribution in [0.15, 0.2) is 12.2 Å². The number of cyclic esters (lactones) is 2. The summed E-state index contributed by atoms with van der Waals surface area (Å²) in [5.74, 6) is -1.16. The first kappa shape index (κ1) is 15.7. The minimum atomic E-state index is -0.938. The zero-order chi connectivity index (χ0) is 14.8. The molecule has 0 aliphatic carbocycles. The number of Topliss-reactive ketones (excluding diaryl/α,β-unsaturated/α-hetero) is 1. The van der Waals surface area contributed by atoms with E-state index in [0.717, 1.165) is 0 Å². The molecule has 1 aliphatic heterocycles. The van der Waals surface area contributed by atoms with E-state index in [1.54, 1.807) is 0 Å². The minimum Gasteiger partial charge on any atom is -0.434 e. The molecular formula is C12H16N2O6. The van der Waals surface area contributed by atoms with E-state index in [1.807, 2.05) is 0 Å². The molecule has 0 unspecified atom stereocenters. The summed E-state index contributed by atoms with van der Waals surface area (Å²) in [5.41, 5.74) is 0. The number of amides is 2. The van der Waals surface area contributed by atoms with Gasteiger partial charge in [-0.3, -0.25) is 14.4 Å². The molecule has 0 radical (unpaired) electrons. The third-order valence-corrected chi connectivity index (χ3v) is 2.27. The Labute approximate surface area is 115 Å². The molecule has 1 aliphatic rings. The Kier molecular flexibility index (Phi) is 6.80. The summed E-state index contributed by atoms with van der Waals surface area (Å²) in [5, 5.41) is 4.84. The Hall–Kier alpha value is -2.38. The second kappa shape index (κ2) is 8.68. The van der Waals surface area contributed by atoms with Crippen LogP contribution < -0.4 is 10.6 Å². The van der Waals surface area contributed by atoms with E-state index in [0.29, 0.717) is 6.42 Å². The van der Waals surface area contributed by atoms with Crippen LogP contribution in [-0.2, 0) is 23.9 Å². The predicted octanol–water partition coefficient (Wildman–Crippen LogP) is -0.709. The molecule has 1 heterocycles. The van der Waals surface area contributed by atoms with Crippen molar-refractivity contribution >= 4 is 23.8 Å². The highest BCUT2D eigenvalue weighted by Gasteiger charge is 2.10. The van der Waals surface area contributed by atoms with Gasteiger partial charge in [-0.15, -0.1) is 0 Å². The van der Waals surface area contributed by atoms with E-state index in [9.17, 15) is 19.2 Å². The number of rotatable bonds is 0. The molecule has 0 spiro atoms. The average Bonchev–Trinajstić information content (AvgIpc) is 2.41. The van der Waals surface area contributed by atoms with Crippen molar-refractivity contribution in [2.45, 2.75) is 12.8 Å². The maximum absolute atomic E-state index is 11.3. The molecule has 0 aromatic rings. The van der Waals surface area contributed by atoms with Crippen LogP contribution in [0.5, 0.6) is 0 Å². The zero-order valence-corrected chi connectivity index (χ0v) is 10.8. The number of carbonyl (C=O) groups excluding carboxylic acids is 4. The molecule has 0 fully saturated rings. The van der Waals surface area contributed by atoms with E-state index >= 15 is 0 Å². The van der Waals surface area contributed by atoms with Crippen molar-refractivity contribution in [2.24, 2.45) is 0 Å². The lowest BCUT2D eigenvalue weighted by Crippen LogP contribution is -2.37. The summed E-state index contributed by atoms with van der Waals surface area (Å²) in [7, 11) is 0. The summed E-state index contributed by atoms with van der Waals surface area (Å²) in [4.78, 5) is 45.0. The molecule has 20 heavy (non-hydrogen) atoms. The first-order chi connectivity index (χ1) is 9.58. The number of hydrogen-bond acceptors (Lipinski definition) is 6. The first-order valence-electron chi connectivity index (χ1n) is 6.10. The molecule has 0 saturated carbocycles. The molecule has 8 heteroatoms. The standard InChI is InChI=1S/C12H16N2O6/c15-9-4-5-13-11(17)7-14-10(16)3-1-2-6-19-12(18)20-8-9/h1,3H,2,4-8H2,(H,13,17)(H,14,16)/b3-1-. The Morgan fingerprint density at radius 3 is 2.65 bits per heavy atom. The fourth-order valence-electron chi connectivity index (χ4n) is 1.28. The van der Waals surface area contributed by atoms with Crippen LogP contribution in [0, 0.1) is 0 Å². The van der Waals surface area contributed by atoms with Crippen molar-refractivity contribution in [3.8, 4) is 0 Å². The van der Waals surface area contributed by atoms with E-state index < -0.39 is 18.0 Å². The summed E-state index contributed by atoms with van der Waals surface area (Å²) < 4.78 is 9.25. The highest BCUT2D eigenvalue weighted by Crippen LogP contribution is 1.92. The van der Waals surface area contributed by atoms with Crippen LogP contribution in [0.2, 0.25) is 0 Å². The number of carbonyl (C=O) groups is 4. The van der Waals surface area contributed by atoms with Crippen LogP contribution in [0.25, 0.3) is 0 Å². The molecule has 0 aromatic carbocycles. The second-order valence-electron chi connectivity index (χ2n) is 3.93. The van der Waals surface area contributed by atoms with Crippen LogP contribution in [0.1, 0.15) is 12.8 Å². The van der Waals surface area contributed by atoms with Gasteiger partial charge in [0.25, 0.3) is 0 Å². The Bertz CT molecular complexity index is 418. The molecule has 2 amide bonds. The lowest BCUT2D eigenvalue weighted by molar-refractivity contribution is -0.125. The summed E-state index contributed by atoms with van der Waals surface area (Å²) in [6.07, 6.45) is 2.16. The third kappa shape index (κ3) is 7.14. The van der Waals surface area contributed by atoms with Gasteiger partial charge >= 0.3 is 6.16 Å². The molecule has 0 atom stereocenters. The molecule has 0 saturated heterocycles. The number of hydrogen-bond donors (Lipinski definition) is 2. The van der Waals surface area contributed by atoms with Gasteiger partial charge in [0.1, 0.15) is 0 Å². The van der Waals surface area contributed by atoms with Gasteiger partial charge in [0.15, 0.2) is 12.4 Å². The van der Waals surface area contributed by atoms with Crippen molar-refractivity contribution in [1.29, 1.82) is 0 Å². The van der Waals surface area contributed by atoms with Gasteiger partial charge in [-0.1, -0.05) is 6.08 Å². The van der Waals surface area contributed by atoms with E-state index in [-0.39, 0.29) is 38.5 Å². The molecule has 2 N–H and O–H groups in total. The van der Waals surface area contributed by atoms with Crippen molar-refractivity contribution in [3.05, 3.63) is 12.2 Å². The van der Waals surface area contributed by atoms with Crippen molar-refractivity contribution in [1.82, 2.24) is 10.6 Å². The molecule has 0 bridgehead atoms. The largest absolute Gasteiger partial charge is 0.508 e. The van der Waals surface area contributed by atoms with Gasteiger partial charge < -0.3 is 20.1 Å². The van der Waals surface area contributed by atoms with Gasteiger partial charge in [0.05, 0.1) is 13.2 Å². The van der Waals surface area contributed by atoms with Gasteiger partial charge in [-0.2, -0.15) is 0 Å². The van der Waals surface area contributed by atoms with E-state index in [2.05, 4.69) is 20.1 Å². The average molecular weight is 284 g/mol.